The largest absolute Gasteiger partial charge is 0.426 e. The molecule has 8 heteroatoms. The molecule has 3 nitrogen and oxygen atoms in total. The highest BCUT2D eigenvalue weighted by Gasteiger charge is 2.57. The number of thiophene rings is 1. The summed E-state index contributed by atoms with van der Waals surface area (Å²) in [6.07, 6.45) is -3.48. The summed E-state index contributed by atoms with van der Waals surface area (Å²) in [5.74, 6) is -0.399. The highest BCUT2D eigenvalue weighted by molar-refractivity contribution is 7.12. The number of halogens is 4. The number of aromatic nitrogens is 2. The first-order valence-corrected chi connectivity index (χ1v) is 9.12. The molecule has 0 fully saturated rings. The fourth-order valence-corrected chi connectivity index (χ4v) is 4.12. The molecule has 0 spiro atoms. The summed E-state index contributed by atoms with van der Waals surface area (Å²) in [6, 6.07) is 12.4. The van der Waals surface area contributed by atoms with Crippen molar-refractivity contribution in [3.63, 3.8) is 0 Å². The van der Waals surface area contributed by atoms with Crippen LogP contribution in [-0.2, 0) is 5.60 Å². The maximum atomic E-state index is 13.9. The van der Waals surface area contributed by atoms with Crippen molar-refractivity contribution in [2.75, 3.05) is 0 Å². The lowest BCUT2D eigenvalue weighted by Crippen LogP contribution is -2.42. The maximum absolute atomic E-state index is 13.9. The van der Waals surface area contributed by atoms with E-state index in [-0.39, 0.29) is 10.4 Å². The lowest BCUT2D eigenvalue weighted by atomic mass is 9.90. The molecule has 0 bridgehead atoms. The van der Waals surface area contributed by atoms with E-state index < -0.39 is 17.6 Å². The molecule has 2 aromatic heterocycles. The van der Waals surface area contributed by atoms with E-state index in [1.54, 1.807) is 13.0 Å². The molecule has 4 aromatic rings. The minimum absolute atomic E-state index is 0.192. The number of aliphatic hydroxyl groups is 1. The molecule has 0 aliphatic rings. The molecular formula is C20H14F4N2OS. The van der Waals surface area contributed by atoms with E-state index in [4.69, 9.17) is 0 Å². The summed E-state index contributed by atoms with van der Waals surface area (Å²) in [7, 11) is 0. The second kappa shape index (κ2) is 6.42. The van der Waals surface area contributed by atoms with Gasteiger partial charge in [-0.2, -0.15) is 18.3 Å². The summed E-state index contributed by atoms with van der Waals surface area (Å²) in [4.78, 5) is 0.477. The maximum Gasteiger partial charge on any atom is 0.426 e. The minimum atomic E-state index is -4.90. The number of aryl methyl sites for hydroxylation is 1. The van der Waals surface area contributed by atoms with E-state index in [1.807, 2.05) is 0 Å². The van der Waals surface area contributed by atoms with Crippen molar-refractivity contribution in [1.29, 1.82) is 0 Å². The highest BCUT2D eigenvalue weighted by Crippen LogP contribution is 2.47. The fourth-order valence-electron chi connectivity index (χ4n) is 3.12. The van der Waals surface area contributed by atoms with Crippen molar-refractivity contribution >= 4 is 22.2 Å². The van der Waals surface area contributed by atoms with Gasteiger partial charge in [0.2, 0.25) is 5.60 Å². The number of hydrogen-bond acceptors (Lipinski definition) is 3. The van der Waals surface area contributed by atoms with Crippen molar-refractivity contribution in [3.05, 3.63) is 81.9 Å². The normalized spacial score (nSPS) is 14.4. The predicted octanol–water partition coefficient (Wildman–Crippen LogP) is 5.33. The van der Waals surface area contributed by atoms with Crippen molar-refractivity contribution < 1.29 is 22.7 Å². The SMILES string of the molecule is Cc1ccc(C(O)(c2ccc3c(cnn3-c3ccc(F)cc3)c2)C(F)(F)F)s1. The molecule has 0 aliphatic carbocycles. The van der Waals surface area contributed by atoms with Crippen molar-refractivity contribution in [2.24, 2.45) is 0 Å². The lowest BCUT2D eigenvalue weighted by Gasteiger charge is -2.30. The quantitative estimate of drug-likeness (QED) is 0.467. The Morgan fingerprint density at radius 2 is 1.71 bits per heavy atom. The third-order valence-corrected chi connectivity index (χ3v) is 5.67. The van der Waals surface area contributed by atoms with Crippen LogP contribution in [0.2, 0.25) is 0 Å². The number of rotatable bonds is 3. The zero-order valence-corrected chi connectivity index (χ0v) is 15.4. The average Bonchev–Trinajstić information content (AvgIpc) is 3.26. The smallest absolute Gasteiger partial charge is 0.372 e. The zero-order chi connectivity index (χ0) is 20.1. The van der Waals surface area contributed by atoms with Gasteiger partial charge in [0, 0.05) is 10.3 Å². The van der Waals surface area contributed by atoms with Crippen LogP contribution in [0.5, 0.6) is 0 Å². The van der Waals surface area contributed by atoms with Gasteiger partial charge in [0.15, 0.2) is 0 Å². The van der Waals surface area contributed by atoms with Gasteiger partial charge in [-0.25, -0.2) is 9.07 Å². The number of hydrogen-bond donors (Lipinski definition) is 1. The molecule has 2 heterocycles. The molecular weight excluding hydrogens is 392 g/mol. The highest BCUT2D eigenvalue weighted by atomic mass is 32.1. The topological polar surface area (TPSA) is 38.1 Å². The van der Waals surface area contributed by atoms with Crippen LogP contribution in [0.25, 0.3) is 16.6 Å². The van der Waals surface area contributed by atoms with Crippen molar-refractivity contribution in [1.82, 2.24) is 9.78 Å². The molecule has 0 amide bonds. The van der Waals surface area contributed by atoms with E-state index in [1.165, 1.54) is 59.4 Å². The van der Waals surface area contributed by atoms with Crippen LogP contribution in [0.1, 0.15) is 15.3 Å². The Balaban J connectivity index is 1.86. The first-order chi connectivity index (χ1) is 13.2. The number of nitrogens with zero attached hydrogens (tertiary/aromatic N) is 2. The van der Waals surface area contributed by atoms with E-state index in [9.17, 15) is 22.7 Å². The van der Waals surface area contributed by atoms with Crippen LogP contribution < -0.4 is 0 Å². The molecule has 144 valence electrons. The molecule has 1 N–H and O–H groups in total. The summed E-state index contributed by atoms with van der Waals surface area (Å²) in [5, 5.41) is 15.4. The van der Waals surface area contributed by atoms with Gasteiger partial charge in [-0.05, 0) is 61.0 Å². The Hall–Kier alpha value is -2.71. The van der Waals surface area contributed by atoms with E-state index >= 15 is 0 Å². The Bertz CT molecular complexity index is 1150. The van der Waals surface area contributed by atoms with Crippen molar-refractivity contribution in [3.8, 4) is 5.69 Å². The molecule has 0 saturated carbocycles. The van der Waals surface area contributed by atoms with Crippen LogP contribution in [0.15, 0.2) is 60.8 Å². The van der Waals surface area contributed by atoms with Crippen molar-refractivity contribution in [2.45, 2.75) is 18.7 Å². The Labute approximate surface area is 161 Å². The van der Waals surface area contributed by atoms with Gasteiger partial charge in [-0.15, -0.1) is 11.3 Å². The van der Waals surface area contributed by atoms with Crippen LogP contribution in [0, 0.1) is 12.7 Å². The van der Waals surface area contributed by atoms with Gasteiger partial charge in [0.05, 0.1) is 22.3 Å². The Morgan fingerprint density at radius 1 is 1.00 bits per heavy atom. The van der Waals surface area contributed by atoms with E-state index in [2.05, 4.69) is 5.10 Å². The van der Waals surface area contributed by atoms with Gasteiger partial charge in [-0.3, -0.25) is 0 Å². The summed E-state index contributed by atoms with van der Waals surface area (Å²) in [5.41, 5.74) is -2.28. The molecule has 0 saturated heterocycles. The molecule has 1 atom stereocenters. The molecule has 28 heavy (non-hydrogen) atoms. The minimum Gasteiger partial charge on any atom is -0.372 e. The van der Waals surface area contributed by atoms with Gasteiger partial charge in [0.1, 0.15) is 5.82 Å². The molecule has 2 aromatic carbocycles. The number of alkyl halides is 3. The van der Waals surface area contributed by atoms with E-state index in [0.29, 0.717) is 21.5 Å². The Kier molecular flexibility index (Phi) is 4.28. The van der Waals surface area contributed by atoms with Crippen LogP contribution >= 0.6 is 11.3 Å². The van der Waals surface area contributed by atoms with Crippen LogP contribution in [0.4, 0.5) is 17.6 Å². The van der Waals surface area contributed by atoms with E-state index in [0.717, 1.165) is 11.3 Å². The van der Waals surface area contributed by atoms with Crippen LogP contribution in [-0.4, -0.2) is 21.1 Å². The number of benzene rings is 2. The first-order valence-electron chi connectivity index (χ1n) is 8.30. The molecule has 1 unspecified atom stereocenters. The zero-order valence-electron chi connectivity index (χ0n) is 14.5. The third-order valence-electron chi connectivity index (χ3n) is 4.56. The Morgan fingerprint density at radius 3 is 2.32 bits per heavy atom. The summed E-state index contributed by atoms with van der Waals surface area (Å²) in [6.45, 7) is 1.68. The van der Waals surface area contributed by atoms with Crippen LogP contribution in [0.3, 0.4) is 0 Å². The third kappa shape index (κ3) is 2.89. The predicted molar refractivity (Wildman–Crippen MR) is 99.1 cm³/mol. The fraction of sp³-hybridized carbons (Fsp3) is 0.150. The van der Waals surface area contributed by atoms with Gasteiger partial charge >= 0.3 is 6.18 Å². The average molecular weight is 406 g/mol. The lowest BCUT2D eigenvalue weighted by molar-refractivity contribution is -0.247. The summed E-state index contributed by atoms with van der Waals surface area (Å²) >= 11 is 0.899. The molecule has 0 radical (unpaired) electrons. The first kappa shape index (κ1) is 18.6. The van der Waals surface area contributed by atoms with Gasteiger partial charge < -0.3 is 5.11 Å². The number of fused-ring (bicyclic) bond motifs is 1. The van der Waals surface area contributed by atoms with Gasteiger partial charge in [-0.1, -0.05) is 6.07 Å². The standard InChI is InChI=1S/C20H14F4N2OS/c1-12-2-9-18(28-12)19(27,20(22,23)24)14-3-8-17-13(10-14)11-25-26(17)16-6-4-15(21)5-7-16/h2-11,27H,1H3. The van der Waals surface area contributed by atoms with Gasteiger partial charge in [0.25, 0.3) is 0 Å². The summed E-state index contributed by atoms with van der Waals surface area (Å²) < 4.78 is 56.3. The molecule has 0 aliphatic heterocycles. The second-order valence-electron chi connectivity index (χ2n) is 6.42. The monoisotopic (exact) mass is 406 g/mol. The second-order valence-corrected chi connectivity index (χ2v) is 7.71. The molecule has 4 rings (SSSR count).